The number of alkyl halides is 6. The van der Waals surface area contributed by atoms with E-state index in [-0.39, 0.29) is 22.9 Å². The van der Waals surface area contributed by atoms with E-state index in [2.05, 4.69) is 0 Å². The van der Waals surface area contributed by atoms with Crippen LogP contribution in [0.1, 0.15) is 18.0 Å². The summed E-state index contributed by atoms with van der Waals surface area (Å²) in [6, 6.07) is 3.44. The van der Waals surface area contributed by atoms with Crippen LogP contribution in [-0.2, 0) is 0 Å². The smallest absolute Gasteiger partial charge is 0.324 e. The molecular formula is C10H10ClF6NS. The minimum absolute atomic E-state index is 0. The largest absolute Gasteiger partial charge is 0.446 e. The van der Waals surface area contributed by atoms with Gasteiger partial charge in [0.15, 0.2) is 0 Å². The number of benzene rings is 1. The molecule has 0 aliphatic heterocycles. The lowest BCUT2D eigenvalue weighted by Gasteiger charge is -2.18. The van der Waals surface area contributed by atoms with Gasteiger partial charge >= 0.3 is 11.7 Å². The van der Waals surface area contributed by atoms with Crippen LogP contribution in [-0.4, -0.2) is 11.7 Å². The second-order valence-corrected chi connectivity index (χ2v) is 4.62. The van der Waals surface area contributed by atoms with E-state index in [1.807, 2.05) is 0 Å². The van der Waals surface area contributed by atoms with Crippen LogP contribution in [0.3, 0.4) is 0 Å². The van der Waals surface area contributed by atoms with Crippen molar-refractivity contribution in [2.24, 2.45) is 5.73 Å². The number of hydrogen-bond acceptors (Lipinski definition) is 2. The van der Waals surface area contributed by atoms with Gasteiger partial charge in [-0.15, -0.1) is 12.4 Å². The Bertz CT molecular complexity index is 406. The molecule has 110 valence electrons. The van der Waals surface area contributed by atoms with Gasteiger partial charge in [-0.3, -0.25) is 0 Å². The standard InChI is InChI=1S/C10H9F6NS.ClH/c11-9(12,13)5-7(17)6-3-1-2-4-8(6)18-10(14,15)16;/h1-4,7H,5,17H2;1H/t7-;/m1./s1. The van der Waals surface area contributed by atoms with Crippen LogP contribution in [0.2, 0.25) is 0 Å². The lowest BCUT2D eigenvalue weighted by Crippen LogP contribution is -2.21. The maximum Gasteiger partial charge on any atom is 0.446 e. The van der Waals surface area contributed by atoms with Gasteiger partial charge in [0.25, 0.3) is 0 Å². The predicted molar refractivity (Wildman–Crippen MR) is 63.2 cm³/mol. The highest BCUT2D eigenvalue weighted by Gasteiger charge is 2.34. The molecule has 1 aromatic carbocycles. The topological polar surface area (TPSA) is 26.0 Å². The third-order valence-corrected chi connectivity index (χ3v) is 2.82. The first-order valence-electron chi connectivity index (χ1n) is 4.75. The van der Waals surface area contributed by atoms with E-state index in [1.54, 1.807) is 0 Å². The molecule has 0 unspecified atom stereocenters. The normalized spacial score (nSPS) is 13.8. The molecule has 0 radical (unpaired) electrons. The molecule has 0 aliphatic carbocycles. The Balaban J connectivity index is 0.00000324. The van der Waals surface area contributed by atoms with Crippen molar-refractivity contribution in [1.29, 1.82) is 0 Å². The SMILES string of the molecule is Cl.N[C@H](CC(F)(F)F)c1ccccc1SC(F)(F)F. The summed E-state index contributed by atoms with van der Waals surface area (Å²) in [4.78, 5) is -0.304. The van der Waals surface area contributed by atoms with Crippen molar-refractivity contribution in [2.45, 2.75) is 29.0 Å². The van der Waals surface area contributed by atoms with Crippen molar-refractivity contribution in [3.63, 3.8) is 0 Å². The first-order chi connectivity index (χ1) is 8.08. The second kappa shape index (κ2) is 6.71. The molecule has 0 spiro atoms. The Labute approximate surface area is 116 Å². The molecule has 1 aromatic rings. The third kappa shape index (κ3) is 6.93. The summed E-state index contributed by atoms with van der Waals surface area (Å²) in [5, 5.41) is 0. The van der Waals surface area contributed by atoms with E-state index >= 15 is 0 Å². The lowest BCUT2D eigenvalue weighted by atomic mass is 10.0. The second-order valence-electron chi connectivity index (χ2n) is 3.51. The van der Waals surface area contributed by atoms with Gasteiger partial charge in [0.05, 0.1) is 6.42 Å². The Kier molecular flexibility index (Phi) is 6.50. The zero-order chi connectivity index (χ0) is 14.0. The van der Waals surface area contributed by atoms with Gasteiger partial charge in [0.1, 0.15) is 0 Å². The fourth-order valence-electron chi connectivity index (χ4n) is 1.36. The highest BCUT2D eigenvalue weighted by molar-refractivity contribution is 8.00. The molecule has 9 heteroatoms. The number of thioether (sulfide) groups is 1. The highest BCUT2D eigenvalue weighted by Crippen LogP contribution is 2.41. The van der Waals surface area contributed by atoms with Crippen molar-refractivity contribution in [3.05, 3.63) is 29.8 Å². The Hall–Kier alpha value is -0.600. The molecular weight excluding hydrogens is 316 g/mol. The van der Waals surface area contributed by atoms with Crippen LogP contribution in [0.15, 0.2) is 29.2 Å². The maximum absolute atomic E-state index is 12.2. The van der Waals surface area contributed by atoms with Crippen LogP contribution in [0.4, 0.5) is 26.3 Å². The van der Waals surface area contributed by atoms with E-state index in [1.165, 1.54) is 18.2 Å². The number of hydrogen-bond donors (Lipinski definition) is 1. The predicted octanol–water partition coefficient (Wildman–Crippen LogP) is 4.67. The number of rotatable bonds is 3. The molecule has 0 amide bonds. The molecule has 19 heavy (non-hydrogen) atoms. The summed E-state index contributed by atoms with van der Waals surface area (Å²) in [5.41, 5.74) is 0.583. The minimum atomic E-state index is -4.56. The minimum Gasteiger partial charge on any atom is -0.324 e. The van der Waals surface area contributed by atoms with Gasteiger partial charge in [0.2, 0.25) is 0 Å². The molecule has 0 heterocycles. The van der Waals surface area contributed by atoms with E-state index < -0.39 is 35.9 Å². The van der Waals surface area contributed by atoms with Crippen molar-refractivity contribution < 1.29 is 26.3 Å². The van der Waals surface area contributed by atoms with Crippen LogP contribution in [0, 0.1) is 0 Å². The molecule has 0 saturated heterocycles. The summed E-state index contributed by atoms with van der Waals surface area (Å²) in [6.45, 7) is 0. The number of halogens is 7. The van der Waals surface area contributed by atoms with Gasteiger partial charge < -0.3 is 5.73 Å². The highest BCUT2D eigenvalue weighted by atomic mass is 35.5. The summed E-state index contributed by atoms with van der Waals surface area (Å²) in [5.74, 6) is 0. The average molecular weight is 326 g/mol. The van der Waals surface area contributed by atoms with Crippen LogP contribution >= 0.6 is 24.2 Å². The van der Waals surface area contributed by atoms with Gasteiger partial charge in [0, 0.05) is 10.9 Å². The molecule has 0 fully saturated rings. The molecule has 1 atom stereocenters. The number of nitrogens with two attached hydrogens (primary N) is 1. The van der Waals surface area contributed by atoms with Crippen LogP contribution in [0.5, 0.6) is 0 Å². The molecule has 1 rings (SSSR count). The zero-order valence-corrected chi connectivity index (χ0v) is 10.9. The summed E-state index contributed by atoms with van der Waals surface area (Å²) < 4.78 is 73.1. The molecule has 2 N–H and O–H groups in total. The summed E-state index contributed by atoms with van der Waals surface area (Å²) in [6.07, 6.45) is -5.88. The van der Waals surface area contributed by atoms with Crippen molar-refractivity contribution in [3.8, 4) is 0 Å². The first kappa shape index (κ1) is 18.4. The molecule has 0 saturated carbocycles. The van der Waals surface area contributed by atoms with Crippen molar-refractivity contribution >= 4 is 24.2 Å². The Morgan fingerprint density at radius 1 is 1.05 bits per heavy atom. The maximum atomic E-state index is 12.2. The molecule has 1 nitrogen and oxygen atoms in total. The molecule has 0 aliphatic rings. The van der Waals surface area contributed by atoms with Crippen LogP contribution in [0.25, 0.3) is 0 Å². The monoisotopic (exact) mass is 325 g/mol. The summed E-state index contributed by atoms with van der Waals surface area (Å²) in [7, 11) is 0. The Morgan fingerprint density at radius 3 is 2.05 bits per heavy atom. The zero-order valence-electron chi connectivity index (χ0n) is 9.26. The van der Waals surface area contributed by atoms with Crippen molar-refractivity contribution in [2.75, 3.05) is 0 Å². The third-order valence-electron chi connectivity index (χ3n) is 2.00. The van der Waals surface area contributed by atoms with E-state index in [9.17, 15) is 26.3 Å². The van der Waals surface area contributed by atoms with E-state index in [4.69, 9.17) is 5.73 Å². The molecule has 0 aromatic heterocycles. The van der Waals surface area contributed by atoms with Gasteiger partial charge in [-0.25, -0.2) is 0 Å². The van der Waals surface area contributed by atoms with Gasteiger partial charge in [-0.2, -0.15) is 26.3 Å². The van der Waals surface area contributed by atoms with Crippen molar-refractivity contribution in [1.82, 2.24) is 0 Å². The van der Waals surface area contributed by atoms with Gasteiger partial charge in [-0.1, -0.05) is 18.2 Å². The van der Waals surface area contributed by atoms with Crippen LogP contribution < -0.4 is 5.73 Å². The fourth-order valence-corrected chi connectivity index (χ4v) is 2.10. The van der Waals surface area contributed by atoms with E-state index in [0.717, 1.165) is 6.07 Å². The fraction of sp³-hybridized carbons (Fsp3) is 0.400. The quantitative estimate of drug-likeness (QED) is 0.645. The lowest BCUT2D eigenvalue weighted by molar-refractivity contribution is -0.138. The van der Waals surface area contributed by atoms with Gasteiger partial charge in [-0.05, 0) is 23.4 Å². The first-order valence-corrected chi connectivity index (χ1v) is 5.57. The summed E-state index contributed by atoms with van der Waals surface area (Å²) >= 11 is -0.466. The average Bonchev–Trinajstić information content (AvgIpc) is 2.12. The Morgan fingerprint density at radius 2 is 1.58 bits per heavy atom. The van der Waals surface area contributed by atoms with E-state index in [0.29, 0.717) is 0 Å². The molecule has 0 bridgehead atoms.